The predicted octanol–water partition coefficient (Wildman–Crippen LogP) is 0.303. The minimum absolute atomic E-state index is 0.0303. The zero-order valence-electron chi connectivity index (χ0n) is 11.9. The second-order valence-corrected chi connectivity index (χ2v) is 6.37. The summed E-state index contributed by atoms with van der Waals surface area (Å²) in [5.74, 6) is -1.36. The number of fused-ring (bicyclic) bond motifs is 1. The lowest BCUT2D eigenvalue weighted by Gasteiger charge is -2.48. The maximum Gasteiger partial charge on any atom is 0.352 e. The molecule has 2 heterocycles. The Hall–Kier alpha value is -2.48. The lowest BCUT2D eigenvalue weighted by Crippen LogP contribution is -2.70. The molecule has 0 aliphatic carbocycles. The van der Waals surface area contributed by atoms with Crippen molar-refractivity contribution in [1.82, 2.24) is 10.2 Å². The van der Waals surface area contributed by atoms with E-state index < -0.39 is 17.9 Å². The van der Waals surface area contributed by atoms with E-state index in [4.69, 9.17) is 5.11 Å². The zero-order chi connectivity index (χ0) is 16.6. The molecule has 0 bridgehead atoms. The van der Waals surface area contributed by atoms with Crippen molar-refractivity contribution in [2.45, 2.75) is 17.8 Å². The van der Waals surface area contributed by atoms with E-state index in [9.17, 15) is 19.5 Å². The van der Waals surface area contributed by atoms with E-state index in [0.717, 1.165) is 0 Å². The highest BCUT2D eigenvalue weighted by molar-refractivity contribution is 8.00. The number of carbonyl (C=O) groups excluding carboxylic acids is 2. The van der Waals surface area contributed by atoms with Crippen LogP contribution in [0.3, 0.4) is 0 Å². The fraction of sp³-hybridized carbons (Fsp3) is 0.267. The van der Waals surface area contributed by atoms with Crippen molar-refractivity contribution in [1.29, 1.82) is 0 Å². The van der Waals surface area contributed by atoms with E-state index in [2.05, 4.69) is 5.32 Å². The van der Waals surface area contributed by atoms with Gasteiger partial charge in [-0.1, -0.05) is 12.1 Å². The Balaban J connectivity index is 1.64. The highest BCUT2D eigenvalue weighted by atomic mass is 32.2. The summed E-state index contributed by atoms with van der Waals surface area (Å²) in [4.78, 5) is 36.5. The molecule has 2 atom stereocenters. The molecule has 120 valence electrons. The number of carboxylic acids is 1. The number of amides is 2. The number of nitrogens with zero attached hydrogens (tertiary/aromatic N) is 1. The second kappa shape index (κ2) is 5.96. The third kappa shape index (κ3) is 2.89. The molecule has 2 aliphatic rings. The molecular formula is C15H14N2O5S. The molecular weight excluding hydrogens is 320 g/mol. The number of aromatic hydroxyl groups is 1. The van der Waals surface area contributed by atoms with E-state index in [1.165, 1.54) is 34.9 Å². The summed E-state index contributed by atoms with van der Waals surface area (Å²) in [5, 5.41) is 20.7. The van der Waals surface area contributed by atoms with Crippen LogP contribution in [0.1, 0.15) is 5.56 Å². The number of β-lactam (4-membered cyclic amide) rings is 1. The van der Waals surface area contributed by atoms with Crippen LogP contribution in [0.25, 0.3) is 0 Å². The summed E-state index contributed by atoms with van der Waals surface area (Å²) >= 11 is 1.41. The summed E-state index contributed by atoms with van der Waals surface area (Å²) in [6, 6.07) is 5.61. The lowest BCUT2D eigenvalue weighted by molar-refractivity contribution is -0.150. The van der Waals surface area contributed by atoms with Crippen molar-refractivity contribution in [2.24, 2.45) is 0 Å². The van der Waals surface area contributed by atoms with E-state index in [1.807, 2.05) is 0 Å². The lowest BCUT2D eigenvalue weighted by atomic mass is 10.0. The molecule has 8 heteroatoms. The van der Waals surface area contributed by atoms with Crippen LogP contribution in [0.4, 0.5) is 0 Å². The van der Waals surface area contributed by atoms with Crippen molar-refractivity contribution in [3.63, 3.8) is 0 Å². The topological polar surface area (TPSA) is 107 Å². The molecule has 1 saturated heterocycles. The minimum atomic E-state index is -1.15. The number of carbonyl (C=O) groups is 3. The van der Waals surface area contributed by atoms with Gasteiger partial charge < -0.3 is 15.5 Å². The number of phenolic OH excluding ortho intramolecular Hbond substituents is 1. The van der Waals surface area contributed by atoms with Crippen LogP contribution in [0.2, 0.25) is 0 Å². The van der Waals surface area contributed by atoms with Crippen molar-refractivity contribution < 1.29 is 24.6 Å². The van der Waals surface area contributed by atoms with Crippen molar-refractivity contribution >= 4 is 29.5 Å². The fourth-order valence-corrected chi connectivity index (χ4v) is 3.81. The van der Waals surface area contributed by atoms with Gasteiger partial charge in [-0.2, -0.15) is 0 Å². The normalized spacial score (nSPS) is 22.7. The molecule has 0 radical (unpaired) electrons. The van der Waals surface area contributed by atoms with Crippen LogP contribution in [0.15, 0.2) is 36.0 Å². The van der Waals surface area contributed by atoms with Gasteiger partial charge in [-0.3, -0.25) is 14.5 Å². The summed E-state index contributed by atoms with van der Waals surface area (Å²) < 4.78 is 0. The van der Waals surface area contributed by atoms with Gasteiger partial charge in [0.1, 0.15) is 22.9 Å². The summed E-state index contributed by atoms with van der Waals surface area (Å²) in [6.45, 7) is 0. The standard InChI is InChI=1S/C15H14N2O5S/c18-9-3-1-2-8(6-9)7-11(19)16-12-13(20)17-10(15(21)22)4-5-23-14(12)17/h1-4,6,12,14,18H,5,7H2,(H,16,19)(H,21,22)/t12?,14-/m0/s1. The summed E-state index contributed by atoms with van der Waals surface area (Å²) in [5.41, 5.74) is 0.603. The number of thioether (sulfide) groups is 1. The number of nitrogens with one attached hydrogen (secondary N) is 1. The van der Waals surface area contributed by atoms with E-state index >= 15 is 0 Å². The quantitative estimate of drug-likeness (QED) is 0.684. The number of hydrogen-bond acceptors (Lipinski definition) is 5. The zero-order valence-corrected chi connectivity index (χ0v) is 12.7. The Morgan fingerprint density at radius 2 is 2.17 bits per heavy atom. The number of aliphatic carboxylic acids is 1. The first-order valence-corrected chi connectivity index (χ1v) is 7.97. The SMILES string of the molecule is O=C(Cc1cccc(O)c1)NC1C(=O)N2C(C(=O)O)=CCS[C@@H]12. The van der Waals surface area contributed by atoms with E-state index in [-0.39, 0.29) is 29.1 Å². The Labute approximate surface area is 136 Å². The Morgan fingerprint density at radius 1 is 1.39 bits per heavy atom. The second-order valence-electron chi connectivity index (χ2n) is 5.22. The van der Waals surface area contributed by atoms with Crippen LogP contribution >= 0.6 is 11.8 Å². The van der Waals surface area contributed by atoms with Crippen molar-refractivity contribution in [2.75, 3.05) is 5.75 Å². The number of rotatable bonds is 4. The molecule has 7 nitrogen and oxygen atoms in total. The van der Waals surface area contributed by atoms with E-state index in [1.54, 1.807) is 12.1 Å². The highest BCUT2D eigenvalue weighted by Crippen LogP contribution is 2.37. The Morgan fingerprint density at radius 3 is 2.87 bits per heavy atom. The maximum atomic E-state index is 12.1. The molecule has 3 N–H and O–H groups in total. The predicted molar refractivity (Wildman–Crippen MR) is 82.6 cm³/mol. The molecule has 0 saturated carbocycles. The average Bonchev–Trinajstić information content (AvgIpc) is 2.51. The van der Waals surface area contributed by atoms with Gasteiger partial charge in [-0.25, -0.2) is 4.79 Å². The highest BCUT2D eigenvalue weighted by Gasteiger charge is 2.52. The molecule has 2 amide bonds. The van der Waals surface area contributed by atoms with Crippen LogP contribution in [0, 0.1) is 0 Å². The first-order chi connectivity index (χ1) is 11.0. The summed E-state index contributed by atoms with van der Waals surface area (Å²) in [7, 11) is 0. The van der Waals surface area contributed by atoms with Crippen LogP contribution < -0.4 is 5.32 Å². The first-order valence-electron chi connectivity index (χ1n) is 6.93. The molecule has 1 fully saturated rings. The van der Waals surface area contributed by atoms with Crippen molar-refractivity contribution in [3.8, 4) is 5.75 Å². The molecule has 1 aromatic rings. The maximum absolute atomic E-state index is 12.1. The number of phenols is 1. The van der Waals surface area contributed by atoms with Gasteiger partial charge >= 0.3 is 5.97 Å². The van der Waals surface area contributed by atoms with E-state index in [0.29, 0.717) is 11.3 Å². The minimum Gasteiger partial charge on any atom is -0.508 e. The molecule has 0 aromatic heterocycles. The van der Waals surface area contributed by atoms with Crippen LogP contribution in [-0.2, 0) is 20.8 Å². The Kier molecular flexibility index (Phi) is 3.99. The molecule has 1 aromatic carbocycles. The van der Waals surface area contributed by atoms with Gasteiger partial charge in [0, 0.05) is 5.75 Å². The fourth-order valence-electron chi connectivity index (χ4n) is 2.61. The average molecular weight is 334 g/mol. The third-order valence-electron chi connectivity index (χ3n) is 3.66. The van der Waals surface area contributed by atoms with Crippen LogP contribution in [0.5, 0.6) is 5.75 Å². The molecule has 23 heavy (non-hydrogen) atoms. The molecule has 2 aliphatic heterocycles. The molecule has 0 spiro atoms. The third-order valence-corrected chi connectivity index (χ3v) is 4.84. The monoisotopic (exact) mass is 334 g/mol. The number of benzene rings is 1. The smallest absolute Gasteiger partial charge is 0.352 e. The van der Waals surface area contributed by atoms with Gasteiger partial charge in [0.2, 0.25) is 5.91 Å². The molecule has 3 rings (SSSR count). The van der Waals surface area contributed by atoms with Gasteiger partial charge in [0.25, 0.3) is 5.91 Å². The van der Waals surface area contributed by atoms with Gasteiger partial charge in [-0.05, 0) is 23.8 Å². The Bertz CT molecular complexity index is 718. The van der Waals surface area contributed by atoms with Gasteiger partial charge in [0.05, 0.1) is 6.42 Å². The first kappa shape index (κ1) is 15.4. The summed E-state index contributed by atoms with van der Waals surface area (Å²) in [6.07, 6.45) is 1.53. The largest absolute Gasteiger partial charge is 0.508 e. The van der Waals surface area contributed by atoms with Gasteiger partial charge in [-0.15, -0.1) is 11.8 Å². The van der Waals surface area contributed by atoms with Crippen molar-refractivity contribution in [3.05, 3.63) is 41.6 Å². The number of hydrogen-bond donors (Lipinski definition) is 3. The number of carboxylic acid groups (broad SMARTS) is 1. The molecule has 1 unspecified atom stereocenters. The van der Waals surface area contributed by atoms with Gasteiger partial charge in [0.15, 0.2) is 0 Å². The van der Waals surface area contributed by atoms with Crippen LogP contribution in [-0.4, -0.2) is 50.1 Å².